The number of carbonyl (C=O) groups is 2. The van der Waals surface area contributed by atoms with Crippen LogP contribution in [0.2, 0.25) is 10.0 Å². The maximum Gasteiger partial charge on any atom is 0.255 e. The summed E-state index contributed by atoms with van der Waals surface area (Å²) in [6.07, 6.45) is 3.00. The molecule has 4 nitrogen and oxygen atoms in total. The van der Waals surface area contributed by atoms with Crippen molar-refractivity contribution in [1.82, 2.24) is 0 Å². The molecule has 0 heterocycles. The Labute approximate surface area is 172 Å². The first-order chi connectivity index (χ1) is 13.5. The molecule has 0 aliphatic heterocycles. The molecule has 0 radical (unpaired) electrons. The fourth-order valence-corrected chi connectivity index (χ4v) is 2.89. The molecule has 2 amide bonds. The van der Waals surface area contributed by atoms with Gasteiger partial charge in [0.2, 0.25) is 5.91 Å². The van der Waals surface area contributed by atoms with Crippen molar-refractivity contribution >= 4 is 52.5 Å². The van der Waals surface area contributed by atoms with Gasteiger partial charge < -0.3 is 10.6 Å². The molecule has 0 fully saturated rings. The van der Waals surface area contributed by atoms with Crippen molar-refractivity contribution in [2.75, 3.05) is 10.6 Å². The van der Waals surface area contributed by atoms with E-state index in [4.69, 9.17) is 23.2 Å². The molecule has 3 rings (SSSR count). The van der Waals surface area contributed by atoms with Crippen LogP contribution in [-0.2, 0) is 4.79 Å². The maximum absolute atomic E-state index is 12.1. The van der Waals surface area contributed by atoms with Crippen molar-refractivity contribution in [3.8, 4) is 0 Å². The van der Waals surface area contributed by atoms with Gasteiger partial charge in [0.1, 0.15) is 0 Å². The molecule has 3 aromatic carbocycles. The maximum atomic E-state index is 12.1. The van der Waals surface area contributed by atoms with E-state index in [1.54, 1.807) is 72.8 Å². The first-order valence-electron chi connectivity index (χ1n) is 8.42. The van der Waals surface area contributed by atoms with Gasteiger partial charge in [0.15, 0.2) is 0 Å². The number of anilines is 2. The highest BCUT2D eigenvalue weighted by Crippen LogP contribution is 2.22. The van der Waals surface area contributed by atoms with Crippen LogP contribution in [0.15, 0.2) is 78.9 Å². The van der Waals surface area contributed by atoms with Crippen LogP contribution in [0.5, 0.6) is 0 Å². The molecule has 3 aromatic rings. The minimum Gasteiger partial charge on any atom is -0.323 e. The average Bonchev–Trinajstić information content (AvgIpc) is 2.69. The molecule has 140 valence electrons. The minimum absolute atomic E-state index is 0.194. The summed E-state index contributed by atoms with van der Waals surface area (Å²) in [5, 5.41) is 6.55. The third kappa shape index (κ3) is 5.46. The van der Waals surface area contributed by atoms with Gasteiger partial charge in [-0.2, -0.15) is 0 Å². The van der Waals surface area contributed by atoms with Crippen LogP contribution in [-0.4, -0.2) is 11.8 Å². The van der Waals surface area contributed by atoms with E-state index in [1.807, 2.05) is 6.07 Å². The molecule has 2 N–H and O–H groups in total. The third-order valence-corrected chi connectivity index (χ3v) is 4.39. The number of hydrogen-bond acceptors (Lipinski definition) is 2. The highest BCUT2D eigenvalue weighted by Gasteiger charge is 2.05. The summed E-state index contributed by atoms with van der Waals surface area (Å²) < 4.78 is 0. The van der Waals surface area contributed by atoms with Crippen LogP contribution < -0.4 is 10.6 Å². The summed E-state index contributed by atoms with van der Waals surface area (Å²) in [6.45, 7) is 0. The molecule has 0 bridgehead atoms. The highest BCUT2D eigenvalue weighted by atomic mass is 35.5. The van der Waals surface area contributed by atoms with Crippen LogP contribution in [0.1, 0.15) is 15.9 Å². The third-order valence-electron chi connectivity index (χ3n) is 3.82. The first-order valence-corrected chi connectivity index (χ1v) is 9.17. The molecule has 0 saturated carbocycles. The summed E-state index contributed by atoms with van der Waals surface area (Å²) in [7, 11) is 0. The van der Waals surface area contributed by atoms with E-state index in [0.717, 1.165) is 0 Å². The van der Waals surface area contributed by atoms with E-state index < -0.39 is 0 Å². The predicted octanol–water partition coefficient (Wildman–Crippen LogP) is 5.90. The standard InChI is InChI=1S/C22H16Cl2N2O2/c23-17-8-6-15(20(24)14-17)7-13-21(27)25-18-9-11-19(12-10-18)26-22(28)16-4-2-1-3-5-16/h1-14H,(H,25,27)(H,26,28)/b13-7+. The molecule has 0 unspecified atom stereocenters. The second-order valence-corrected chi connectivity index (χ2v) is 6.73. The Morgan fingerprint density at radius 2 is 1.43 bits per heavy atom. The van der Waals surface area contributed by atoms with Crippen LogP contribution in [0.4, 0.5) is 11.4 Å². The summed E-state index contributed by atoms with van der Waals surface area (Å²) >= 11 is 11.9. The number of halogens is 2. The number of rotatable bonds is 5. The van der Waals surface area contributed by atoms with Crippen molar-refractivity contribution in [2.24, 2.45) is 0 Å². The molecule has 0 spiro atoms. The molecule has 0 aliphatic carbocycles. The quantitative estimate of drug-likeness (QED) is 0.514. The normalized spacial score (nSPS) is 10.6. The first kappa shape index (κ1) is 19.7. The van der Waals surface area contributed by atoms with Gasteiger partial charge in [0.25, 0.3) is 5.91 Å². The Morgan fingerprint density at radius 1 is 0.786 bits per heavy atom. The lowest BCUT2D eigenvalue weighted by Gasteiger charge is -2.07. The van der Waals surface area contributed by atoms with E-state index in [-0.39, 0.29) is 11.8 Å². The fourth-order valence-electron chi connectivity index (χ4n) is 2.42. The Hall–Kier alpha value is -3.08. The van der Waals surface area contributed by atoms with Crippen molar-refractivity contribution in [1.29, 1.82) is 0 Å². The van der Waals surface area contributed by atoms with E-state index in [2.05, 4.69) is 10.6 Å². The van der Waals surface area contributed by atoms with Crippen LogP contribution in [0.25, 0.3) is 6.08 Å². The number of nitrogens with one attached hydrogen (secondary N) is 2. The second-order valence-electron chi connectivity index (χ2n) is 5.89. The molecule has 0 aliphatic rings. The molecule has 28 heavy (non-hydrogen) atoms. The van der Waals surface area contributed by atoms with Crippen LogP contribution in [0, 0.1) is 0 Å². The minimum atomic E-state index is -0.299. The van der Waals surface area contributed by atoms with Crippen molar-refractivity contribution < 1.29 is 9.59 Å². The largest absolute Gasteiger partial charge is 0.323 e. The molecule has 0 aromatic heterocycles. The summed E-state index contributed by atoms with van der Waals surface area (Å²) in [5.41, 5.74) is 2.51. The van der Waals surface area contributed by atoms with Gasteiger partial charge in [-0.05, 0) is 60.2 Å². The summed E-state index contributed by atoms with van der Waals surface area (Å²) in [5.74, 6) is -0.493. The molecular weight excluding hydrogens is 395 g/mol. The Morgan fingerprint density at radius 3 is 2.07 bits per heavy atom. The Balaban J connectivity index is 1.58. The fraction of sp³-hybridized carbons (Fsp3) is 0. The topological polar surface area (TPSA) is 58.2 Å². The van der Waals surface area contributed by atoms with Crippen molar-refractivity contribution in [2.45, 2.75) is 0 Å². The lowest BCUT2D eigenvalue weighted by molar-refractivity contribution is -0.111. The zero-order chi connectivity index (χ0) is 19.9. The zero-order valence-corrected chi connectivity index (χ0v) is 16.2. The molecule has 6 heteroatoms. The second kappa shape index (κ2) is 9.22. The van der Waals surface area contributed by atoms with Crippen LogP contribution in [0.3, 0.4) is 0 Å². The van der Waals surface area contributed by atoms with E-state index in [1.165, 1.54) is 6.08 Å². The molecular formula is C22H16Cl2N2O2. The van der Waals surface area contributed by atoms with E-state index >= 15 is 0 Å². The van der Waals surface area contributed by atoms with Gasteiger partial charge in [-0.3, -0.25) is 9.59 Å². The van der Waals surface area contributed by atoms with Gasteiger partial charge in [0.05, 0.1) is 0 Å². The smallest absolute Gasteiger partial charge is 0.255 e. The molecule has 0 atom stereocenters. The number of benzene rings is 3. The molecule has 0 saturated heterocycles. The monoisotopic (exact) mass is 410 g/mol. The van der Waals surface area contributed by atoms with E-state index in [9.17, 15) is 9.59 Å². The van der Waals surface area contributed by atoms with Crippen molar-refractivity contribution in [3.63, 3.8) is 0 Å². The number of hydrogen-bond donors (Lipinski definition) is 2. The number of amides is 2. The lowest BCUT2D eigenvalue weighted by Crippen LogP contribution is -2.12. The Bertz CT molecular complexity index is 1020. The van der Waals surface area contributed by atoms with Gasteiger partial charge >= 0.3 is 0 Å². The SMILES string of the molecule is O=C(/C=C/c1ccc(Cl)cc1Cl)Nc1ccc(NC(=O)c2ccccc2)cc1. The summed E-state index contributed by atoms with van der Waals surface area (Å²) in [6, 6.07) is 20.8. The van der Waals surface area contributed by atoms with Crippen LogP contribution >= 0.6 is 23.2 Å². The number of carbonyl (C=O) groups excluding carboxylic acids is 2. The van der Waals surface area contributed by atoms with Gasteiger partial charge in [-0.25, -0.2) is 0 Å². The zero-order valence-electron chi connectivity index (χ0n) is 14.7. The Kier molecular flexibility index (Phi) is 6.48. The predicted molar refractivity (Wildman–Crippen MR) is 115 cm³/mol. The van der Waals surface area contributed by atoms with Gasteiger partial charge in [0, 0.05) is 33.1 Å². The highest BCUT2D eigenvalue weighted by molar-refractivity contribution is 6.35. The van der Waals surface area contributed by atoms with Gasteiger partial charge in [-0.15, -0.1) is 0 Å². The average molecular weight is 411 g/mol. The van der Waals surface area contributed by atoms with Crippen molar-refractivity contribution in [3.05, 3.63) is 100 Å². The lowest BCUT2D eigenvalue weighted by atomic mass is 10.2. The summed E-state index contributed by atoms with van der Waals surface area (Å²) in [4.78, 5) is 24.2. The van der Waals surface area contributed by atoms with E-state index in [0.29, 0.717) is 32.5 Å². The van der Waals surface area contributed by atoms with Gasteiger partial charge in [-0.1, -0.05) is 47.5 Å².